The number of hydrogen-bond donors (Lipinski definition) is 2. The number of nitrogen functional groups attached to an aromatic ring is 1. The summed E-state index contributed by atoms with van der Waals surface area (Å²) in [6.07, 6.45) is 0. The predicted octanol–water partition coefficient (Wildman–Crippen LogP) is 3.32. The van der Waals surface area contributed by atoms with E-state index in [2.05, 4.69) is 5.32 Å². The molecular formula is C16H18N2O2S. The first-order valence-electron chi connectivity index (χ1n) is 6.52. The Hall–Kier alpha value is -2.14. The Balaban J connectivity index is 1.94. The molecule has 110 valence electrons. The Morgan fingerprint density at radius 1 is 1.29 bits per heavy atom. The van der Waals surface area contributed by atoms with Gasteiger partial charge in [-0.2, -0.15) is 0 Å². The molecule has 2 aromatic carbocycles. The molecule has 1 amide bonds. The molecule has 21 heavy (non-hydrogen) atoms. The third-order valence-corrected chi connectivity index (χ3v) is 4.05. The summed E-state index contributed by atoms with van der Waals surface area (Å²) in [6.45, 7) is 1.89. The first-order valence-corrected chi connectivity index (χ1v) is 7.50. The standard InChI is InChI=1S/C16H18N2O2S/c1-11-14(17)7-4-8-15(11)18-16(19)10-21-13-6-3-5-12(9-13)20-2/h3-9H,10,17H2,1-2H3,(H,18,19). The van der Waals surface area contributed by atoms with E-state index in [1.54, 1.807) is 7.11 Å². The van der Waals surface area contributed by atoms with Gasteiger partial charge < -0.3 is 15.8 Å². The van der Waals surface area contributed by atoms with E-state index in [0.717, 1.165) is 21.9 Å². The molecule has 5 heteroatoms. The lowest BCUT2D eigenvalue weighted by Gasteiger charge is -2.10. The van der Waals surface area contributed by atoms with Gasteiger partial charge in [0.15, 0.2) is 0 Å². The van der Waals surface area contributed by atoms with Crippen LogP contribution in [0.1, 0.15) is 5.56 Å². The fraction of sp³-hybridized carbons (Fsp3) is 0.188. The highest BCUT2D eigenvalue weighted by atomic mass is 32.2. The van der Waals surface area contributed by atoms with Crippen LogP contribution in [0.4, 0.5) is 11.4 Å². The number of anilines is 2. The number of rotatable bonds is 5. The molecule has 0 heterocycles. The summed E-state index contributed by atoms with van der Waals surface area (Å²) in [5.74, 6) is 1.06. The summed E-state index contributed by atoms with van der Waals surface area (Å²) < 4.78 is 5.16. The molecule has 0 aliphatic carbocycles. The van der Waals surface area contributed by atoms with E-state index in [1.807, 2.05) is 49.4 Å². The van der Waals surface area contributed by atoms with Gasteiger partial charge >= 0.3 is 0 Å². The van der Waals surface area contributed by atoms with E-state index in [4.69, 9.17) is 10.5 Å². The Kier molecular flexibility index (Phi) is 5.11. The van der Waals surface area contributed by atoms with Crippen LogP contribution in [0.5, 0.6) is 5.75 Å². The Morgan fingerprint density at radius 2 is 2.05 bits per heavy atom. The number of carbonyl (C=O) groups is 1. The molecule has 0 atom stereocenters. The zero-order valence-corrected chi connectivity index (χ0v) is 12.9. The SMILES string of the molecule is COc1cccc(SCC(=O)Nc2cccc(N)c2C)c1. The van der Waals surface area contributed by atoms with Crippen molar-refractivity contribution < 1.29 is 9.53 Å². The lowest BCUT2D eigenvalue weighted by atomic mass is 10.1. The fourth-order valence-electron chi connectivity index (χ4n) is 1.82. The molecule has 0 spiro atoms. The normalized spacial score (nSPS) is 10.2. The number of methoxy groups -OCH3 is 1. The van der Waals surface area contributed by atoms with Crippen LogP contribution >= 0.6 is 11.8 Å². The van der Waals surface area contributed by atoms with Gasteiger partial charge in [-0.05, 0) is 42.8 Å². The first kappa shape index (κ1) is 15.3. The van der Waals surface area contributed by atoms with Gasteiger partial charge in [-0.3, -0.25) is 4.79 Å². The van der Waals surface area contributed by atoms with Crippen LogP contribution < -0.4 is 15.8 Å². The molecule has 0 fully saturated rings. The number of nitrogens with two attached hydrogens (primary N) is 1. The Labute approximate surface area is 128 Å². The highest BCUT2D eigenvalue weighted by Crippen LogP contribution is 2.24. The first-order chi connectivity index (χ1) is 10.1. The molecule has 4 nitrogen and oxygen atoms in total. The second kappa shape index (κ2) is 7.04. The van der Waals surface area contributed by atoms with E-state index >= 15 is 0 Å². The Bertz CT molecular complexity index is 644. The smallest absolute Gasteiger partial charge is 0.234 e. The summed E-state index contributed by atoms with van der Waals surface area (Å²) in [6, 6.07) is 13.1. The topological polar surface area (TPSA) is 64.3 Å². The van der Waals surface area contributed by atoms with E-state index in [-0.39, 0.29) is 5.91 Å². The van der Waals surface area contributed by atoms with Gasteiger partial charge in [0, 0.05) is 16.3 Å². The average Bonchev–Trinajstić information content (AvgIpc) is 2.50. The van der Waals surface area contributed by atoms with Crippen molar-refractivity contribution in [2.75, 3.05) is 23.9 Å². The lowest BCUT2D eigenvalue weighted by Crippen LogP contribution is -2.15. The molecule has 0 aromatic heterocycles. The molecule has 0 unspecified atom stereocenters. The van der Waals surface area contributed by atoms with Gasteiger partial charge in [-0.25, -0.2) is 0 Å². The minimum Gasteiger partial charge on any atom is -0.497 e. The molecule has 2 aromatic rings. The number of carbonyl (C=O) groups excluding carboxylic acids is 1. The number of hydrogen-bond acceptors (Lipinski definition) is 4. The van der Waals surface area contributed by atoms with E-state index in [9.17, 15) is 4.79 Å². The highest BCUT2D eigenvalue weighted by Gasteiger charge is 2.07. The number of benzene rings is 2. The lowest BCUT2D eigenvalue weighted by molar-refractivity contribution is -0.113. The molecule has 0 radical (unpaired) electrons. The largest absolute Gasteiger partial charge is 0.497 e. The predicted molar refractivity (Wildman–Crippen MR) is 87.9 cm³/mol. The summed E-state index contributed by atoms with van der Waals surface area (Å²) in [5, 5.41) is 2.88. The summed E-state index contributed by atoms with van der Waals surface area (Å²) in [4.78, 5) is 13.0. The molecule has 0 saturated carbocycles. The van der Waals surface area contributed by atoms with Crippen molar-refractivity contribution in [3.63, 3.8) is 0 Å². The third kappa shape index (κ3) is 4.16. The minimum atomic E-state index is -0.0588. The number of amides is 1. The summed E-state index contributed by atoms with van der Waals surface area (Å²) >= 11 is 1.46. The van der Waals surface area contributed by atoms with E-state index < -0.39 is 0 Å². The molecule has 0 bridgehead atoms. The quantitative estimate of drug-likeness (QED) is 0.657. The second-order valence-electron chi connectivity index (χ2n) is 4.54. The number of thioether (sulfide) groups is 1. The monoisotopic (exact) mass is 302 g/mol. The van der Waals surface area contributed by atoms with Gasteiger partial charge in [0.25, 0.3) is 0 Å². The van der Waals surface area contributed by atoms with Crippen LogP contribution in [-0.4, -0.2) is 18.8 Å². The van der Waals surface area contributed by atoms with Gasteiger partial charge in [0.1, 0.15) is 5.75 Å². The third-order valence-electron chi connectivity index (χ3n) is 3.06. The summed E-state index contributed by atoms with van der Waals surface area (Å²) in [7, 11) is 1.62. The zero-order valence-electron chi connectivity index (χ0n) is 12.1. The van der Waals surface area contributed by atoms with Crippen molar-refractivity contribution in [3.05, 3.63) is 48.0 Å². The molecular weight excluding hydrogens is 284 g/mol. The number of ether oxygens (including phenoxy) is 1. The average molecular weight is 302 g/mol. The van der Waals surface area contributed by atoms with E-state index in [1.165, 1.54) is 11.8 Å². The van der Waals surface area contributed by atoms with E-state index in [0.29, 0.717) is 11.4 Å². The van der Waals surface area contributed by atoms with Crippen LogP contribution in [0, 0.1) is 6.92 Å². The highest BCUT2D eigenvalue weighted by molar-refractivity contribution is 8.00. The van der Waals surface area contributed by atoms with Crippen LogP contribution in [0.25, 0.3) is 0 Å². The van der Waals surface area contributed by atoms with Crippen molar-refractivity contribution in [2.45, 2.75) is 11.8 Å². The maximum absolute atomic E-state index is 12.0. The maximum atomic E-state index is 12.0. The van der Waals surface area contributed by atoms with Crippen molar-refractivity contribution >= 4 is 29.0 Å². The summed E-state index contributed by atoms with van der Waals surface area (Å²) in [5.41, 5.74) is 8.14. The fourth-order valence-corrected chi connectivity index (χ4v) is 2.56. The van der Waals surface area contributed by atoms with Crippen LogP contribution in [-0.2, 0) is 4.79 Å². The molecule has 0 saturated heterocycles. The van der Waals surface area contributed by atoms with Gasteiger partial charge in [0.2, 0.25) is 5.91 Å². The van der Waals surface area contributed by atoms with Gasteiger partial charge in [-0.1, -0.05) is 12.1 Å². The van der Waals surface area contributed by atoms with Crippen molar-refractivity contribution in [2.24, 2.45) is 0 Å². The van der Waals surface area contributed by atoms with Gasteiger partial charge in [0.05, 0.1) is 12.9 Å². The molecule has 3 N–H and O–H groups in total. The zero-order chi connectivity index (χ0) is 15.2. The van der Waals surface area contributed by atoms with Crippen molar-refractivity contribution in [1.82, 2.24) is 0 Å². The van der Waals surface area contributed by atoms with Crippen LogP contribution in [0.3, 0.4) is 0 Å². The molecule has 0 aliphatic heterocycles. The van der Waals surface area contributed by atoms with Crippen LogP contribution in [0.15, 0.2) is 47.4 Å². The molecule has 0 aliphatic rings. The van der Waals surface area contributed by atoms with Crippen molar-refractivity contribution in [3.8, 4) is 5.75 Å². The molecule has 2 rings (SSSR count). The second-order valence-corrected chi connectivity index (χ2v) is 5.58. The minimum absolute atomic E-state index is 0.0588. The van der Waals surface area contributed by atoms with Crippen LogP contribution in [0.2, 0.25) is 0 Å². The Morgan fingerprint density at radius 3 is 2.81 bits per heavy atom. The maximum Gasteiger partial charge on any atom is 0.234 e. The van der Waals surface area contributed by atoms with Crippen molar-refractivity contribution in [1.29, 1.82) is 0 Å². The number of nitrogens with one attached hydrogen (secondary N) is 1. The van der Waals surface area contributed by atoms with Gasteiger partial charge in [-0.15, -0.1) is 11.8 Å².